The number of anilines is 1. The minimum Gasteiger partial charge on any atom is -0.490 e. The lowest BCUT2D eigenvalue weighted by molar-refractivity contribution is -0.134. The van der Waals surface area contributed by atoms with Crippen LogP contribution in [-0.4, -0.2) is 56.0 Å². The Morgan fingerprint density at radius 2 is 1.61 bits per heavy atom. The number of carbonyl (C=O) groups excluding carboxylic acids is 3. The zero-order valence-corrected chi connectivity index (χ0v) is 19.4. The van der Waals surface area contributed by atoms with Crippen molar-refractivity contribution in [2.24, 2.45) is 0 Å². The number of aryl methyl sites for hydroxylation is 1. The van der Waals surface area contributed by atoms with Crippen LogP contribution in [0, 0.1) is 6.92 Å². The van der Waals surface area contributed by atoms with Crippen molar-refractivity contribution in [3.63, 3.8) is 0 Å². The number of piperidine rings is 1. The van der Waals surface area contributed by atoms with Crippen LogP contribution in [0.15, 0.2) is 36.4 Å². The number of amides is 3. The SMILES string of the molecule is CCOc1cc(C(=O)Nc2cc(C(=O)NC)ccc2C)ccc1OCC(=O)N1CCCCC1. The van der Waals surface area contributed by atoms with Crippen LogP contribution in [0.4, 0.5) is 5.69 Å². The number of nitrogens with zero attached hydrogens (tertiary/aromatic N) is 1. The van der Waals surface area contributed by atoms with E-state index in [2.05, 4.69) is 10.6 Å². The molecular weight excluding hydrogens is 422 g/mol. The third kappa shape index (κ3) is 6.25. The second-order valence-electron chi connectivity index (χ2n) is 7.89. The summed E-state index contributed by atoms with van der Waals surface area (Å²) in [4.78, 5) is 39.0. The van der Waals surface area contributed by atoms with Crippen molar-refractivity contribution in [1.29, 1.82) is 0 Å². The molecule has 1 saturated heterocycles. The molecule has 1 heterocycles. The third-order valence-electron chi connectivity index (χ3n) is 5.54. The topological polar surface area (TPSA) is 97.0 Å². The van der Waals surface area contributed by atoms with Gasteiger partial charge in [0.05, 0.1) is 6.61 Å². The smallest absolute Gasteiger partial charge is 0.260 e. The van der Waals surface area contributed by atoms with E-state index in [0.717, 1.165) is 37.9 Å². The highest BCUT2D eigenvalue weighted by molar-refractivity contribution is 6.06. The number of nitrogens with one attached hydrogen (secondary N) is 2. The molecule has 0 aliphatic carbocycles. The van der Waals surface area contributed by atoms with Gasteiger partial charge in [-0.3, -0.25) is 14.4 Å². The molecule has 0 atom stereocenters. The van der Waals surface area contributed by atoms with Gasteiger partial charge in [0.25, 0.3) is 17.7 Å². The first-order chi connectivity index (χ1) is 15.9. The molecule has 2 aromatic carbocycles. The van der Waals surface area contributed by atoms with Crippen LogP contribution in [0.5, 0.6) is 11.5 Å². The third-order valence-corrected chi connectivity index (χ3v) is 5.54. The second-order valence-corrected chi connectivity index (χ2v) is 7.89. The summed E-state index contributed by atoms with van der Waals surface area (Å²) < 4.78 is 11.4. The van der Waals surface area contributed by atoms with Crippen molar-refractivity contribution >= 4 is 23.4 Å². The lowest BCUT2D eigenvalue weighted by Crippen LogP contribution is -2.38. The van der Waals surface area contributed by atoms with Gasteiger partial charge < -0.3 is 25.0 Å². The number of ether oxygens (including phenoxy) is 2. The van der Waals surface area contributed by atoms with Crippen LogP contribution >= 0.6 is 0 Å². The predicted molar refractivity (Wildman–Crippen MR) is 126 cm³/mol. The van der Waals surface area contributed by atoms with Crippen molar-refractivity contribution in [3.8, 4) is 11.5 Å². The maximum Gasteiger partial charge on any atom is 0.260 e. The average Bonchev–Trinajstić information content (AvgIpc) is 2.84. The molecule has 1 aliphatic heterocycles. The zero-order valence-electron chi connectivity index (χ0n) is 19.4. The summed E-state index contributed by atoms with van der Waals surface area (Å²) in [6.07, 6.45) is 3.19. The van der Waals surface area contributed by atoms with E-state index < -0.39 is 0 Å². The Kier molecular flexibility index (Phi) is 8.29. The van der Waals surface area contributed by atoms with Gasteiger partial charge in [-0.05, 0) is 69.0 Å². The predicted octanol–water partition coefficient (Wildman–Crippen LogP) is 3.40. The van der Waals surface area contributed by atoms with Crippen molar-refractivity contribution in [3.05, 3.63) is 53.1 Å². The highest BCUT2D eigenvalue weighted by Crippen LogP contribution is 2.29. The molecule has 3 rings (SSSR count). The number of rotatable bonds is 8. The molecule has 2 aromatic rings. The molecule has 176 valence electrons. The number of hydrogen-bond donors (Lipinski definition) is 2. The Hall–Kier alpha value is -3.55. The van der Waals surface area contributed by atoms with E-state index in [4.69, 9.17) is 9.47 Å². The molecule has 1 aliphatic rings. The Morgan fingerprint density at radius 1 is 0.909 bits per heavy atom. The monoisotopic (exact) mass is 453 g/mol. The molecule has 2 N–H and O–H groups in total. The molecule has 8 heteroatoms. The first-order valence-electron chi connectivity index (χ1n) is 11.2. The van der Waals surface area contributed by atoms with Gasteiger partial charge in [-0.25, -0.2) is 0 Å². The van der Waals surface area contributed by atoms with Gasteiger partial charge in [0.15, 0.2) is 18.1 Å². The number of hydrogen-bond acceptors (Lipinski definition) is 5. The average molecular weight is 454 g/mol. The van der Waals surface area contributed by atoms with Crippen LogP contribution in [0.1, 0.15) is 52.5 Å². The fourth-order valence-corrected chi connectivity index (χ4v) is 3.65. The van der Waals surface area contributed by atoms with Crippen LogP contribution < -0.4 is 20.1 Å². The maximum atomic E-state index is 12.9. The largest absolute Gasteiger partial charge is 0.490 e. The minimum absolute atomic E-state index is 0.0505. The lowest BCUT2D eigenvalue weighted by Gasteiger charge is -2.26. The molecular formula is C25H31N3O5. The van der Waals surface area contributed by atoms with Gasteiger partial charge in [0, 0.05) is 37.0 Å². The molecule has 1 fully saturated rings. The molecule has 0 saturated carbocycles. The molecule has 3 amide bonds. The summed E-state index contributed by atoms with van der Waals surface area (Å²) >= 11 is 0. The molecule has 0 unspecified atom stereocenters. The number of carbonyl (C=O) groups is 3. The Labute approximate surface area is 194 Å². The molecule has 33 heavy (non-hydrogen) atoms. The maximum absolute atomic E-state index is 12.9. The van der Waals surface area contributed by atoms with Gasteiger partial charge in [0.2, 0.25) is 0 Å². The number of benzene rings is 2. The second kappa shape index (κ2) is 11.4. The first kappa shape index (κ1) is 24.1. The van der Waals surface area contributed by atoms with Gasteiger partial charge in [-0.15, -0.1) is 0 Å². The summed E-state index contributed by atoms with van der Waals surface area (Å²) in [5.74, 6) is 0.184. The lowest BCUT2D eigenvalue weighted by atomic mass is 10.1. The number of likely N-dealkylation sites (tertiary alicyclic amines) is 1. The highest BCUT2D eigenvalue weighted by atomic mass is 16.5. The summed E-state index contributed by atoms with van der Waals surface area (Å²) in [6.45, 7) is 5.53. The summed E-state index contributed by atoms with van der Waals surface area (Å²) in [5.41, 5.74) is 2.21. The Bertz CT molecular complexity index is 1020. The van der Waals surface area contributed by atoms with Crippen LogP contribution in [0.3, 0.4) is 0 Å². The minimum atomic E-state index is -0.343. The fourth-order valence-electron chi connectivity index (χ4n) is 3.65. The van der Waals surface area contributed by atoms with Crippen molar-refractivity contribution in [2.45, 2.75) is 33.1 Å². The van der Waals surface area contributed by atoms with E-state index in [1.54, 1.807) is 43.4 Å². The summed E-state index contributed by atoms with van der Waals surface area (Å²) in [7, 11) is 1.55. The summed E-state index contributed by atoms with van der Waals surface area (Å²) in [6, 6.07) is 9.97. The normalized spacial score (nSPS) is 13.2. The quantitative estimate of drug-likeness (QED) is 0.639. The highest BCUT2D eigenvalue weighted by Gasteiger charge is 2.19. The van der Waals surface area contributed by atoms with E-state index in [0.29, 0.717) is 34.9 Å². The van der Waals surface area contributed by atoms with Crippen molar-refractivity contribution < 1.29 is 23.9 Å². The summed E-state index contributed by atoms with van der Waals surface area (Å²) in [5, 5.41) is 5.42. The van der Waals surface area contributed by atoms with Crippen molar-refractivity contribution in [2.75, 3.05) is 38.7 Å². The Balaban J connectivity index is 1.72. The van der Waals surface area contributed by atoms with E-state index >= 15 is 0 Å². The molecule has 0 spiro atoms. The van der Waals surface area contributed by atoms with Gasteiger partial charge in [0.1, 0.15) is 0 Å². The fraction of sp³-hybridized carbons (Fsp3) is 0.400. The molecule has 0 aromatic heterocycles. The zero-order chi connectivity index (χ0) is 23.8. The van der Waals surface area contributed by atoms with Crippen LogP contribution in [0.25, 0.3) is 0 Å². The van der Waals surface area contributed by atoms with Gasteiger partial charge >= 0.3 is 0 Å². The molecule has 8 nitrogen and oxygen atoms in total. The first-order valence-corrected chi connectivity index (χ1v) is 11.2. The van der Waals surface area contributed by atoms with Crippen molar-refractivity contribution in [1.82, 2.24) is 10.2 Å². The van der Waals surface area contributed by atoms with E-state index in [9.17, 15) is 14.4 Å². The standard InChI is InChI=1S/C25H31N3O5/c1-4-32-22-15-19(10-11-21(22)33-16-23(29)28-12-6-5-7-13-28)25(31)27-20-14-18(24(30)26-3)9-8-17(20)2/h8-11,14-15H,4-7,12-13,16H2,1-3H3,(H,26,30)(H,27,31). The molecule has 0 radical (unpaired) electrons. The van der Waals surface area contributed by atoms with Crippen LogP contribution in [-0.2, 0) is 4.79 Å². The Morgan fingerprint density at radius 3 is 2.30 bits per heavy atom. The van der Waals surface area contributed by atoms with Gasteiger partial charge in [-0.1, -0.05) is 6.07 Å². The van der Waals surface area contributed by atoms with E-state index in [-0.39, 0.29) is 24.3 Å². The van der Waals surface area contributed by atoms with Crippen LogP contribution in [0.2, 0.25) is 0 Å². The molecule has 0 bridgehead atoms. The van der Waals surface area contributed by atoms with Gasteiger partial charge in [-0.2, -0.15) is 0 Å². The van der Waals surface area contributed by atoms with E-state index in [1.165, 1.54) is 0 Å². The van der Waals surface area contributed by atoms with E-state index in [1.807, 2.05) is 18.7 Å².